The minimum atomic E-state index is -4.42. The fourth-order valence-electron chi connectivity index (χ4n) is 3.10. The number of aliphatic imine (C=N–C) groups is 1. The fourth-order valence-corrected chi connectivity index (χ4v) is 3.10. The number of nitrogens with one attached hydrogen (secondary N) is 2. The molecule has 2 N–H and O–H groups in total. The first-order valence-electron chi connectivity index (χ1n) is 9.65. The van der Waals surface area contributed by atoms with Gasteiger partial charge in [0.2, 0.25) is 5.91 Å². The molecule has 0 aromatic heterocycles. The van der Waals surface area contributed by atoms with E-state index in [0.29, 0.717) is 17.4 Å². The van der Waals surface area contributed by atoms with Gasteiger partial charge in [-0.15, -0.1) is 24.0 Å². The lowest BCUT2D eigenvalue weighted by Crippen LogP contribution is -2.45. The molecule has 9 heteroatoms. The van der Waals surface area contributed by atoms with Gasteiger partial charge in [0, 0.05) is 26.6 Å². The lowest BCUT2D eigenvalue weighted by molar-refractivity contribution is -0.157. The quantitative estimate of drug-likeness (QED) is 0.298. The molecule has 0 radical (unpaired) electrons. The van der Waals surface area contributed by atoms with E-state index in [1.807, 2.05) is 36.4 Å². The zero-order valence-electron chi connectivity index (χ0n) is 17.5. The normalized spacial score (nSPS) is 11.6. The van der Waals surface area contributed by atoms with Crippen molar-refractivity contribution in [3.8, 4) is 0 Å². The van der Waals surface area contributed by atoms with Crippen molar-refractivity contribution in [3.05, 3.63) is 71.8 Å². The second-order valence-corrected chi connectivity index (χ2v) is 6.88. The molecule has 2 aromatic carbocycles. The van der Waals surface area contributed by atoms with Crippen LogP contribution in [0.2, 0.25) is 0 Å². The van der Waals surface area contributed by atoms with Crippen LogP contribution in [0.3, 0.4) is 0 Å². The van der Waals surface area contributed by atoms with E-state index in [4.69, 9.17) is 0 Å². The summed E-state index contributed by atoms with van der Waals surface area (Å²) in [6.07, 6.45) is -3.65. The molecule has 0 unspecified atom stereocenters. The highest BCUT2D eigenvalue weighted by Gasteiger charge is 2.31. The molecule has 0 aliphatic carbocycles. The summed E-state index contributed by atoms with van der Waals surface area (Å²) in [4.78, 5) is 16.6. The van der Waals surface area contributed by atoms with Gasteiger partial charge in [0.1, 0.15) is 6.54 Å². The van der Waals surface area contributed by atoms with Crippen LogP contribution in [0.25, 0.3) is 0 Å². The Morgan fingerprint density at radius 3 is 1.97 bits per heavy atom. The zero-order valence-corrected chi connectivity index (χ0v) is 19.9. The van der Waals surface area contributed by atoms with Gasteiger partial charge in [-0.3, -0.25) is 9.79 Å². The number of hydrogen-bond donors (Lipinski definition) is 2. The Morgan fingerprint density at radius 1 is 1.00 bits per heavy atom. The van der Waals surface area contributed by atoms with Gasteiger partial charge >= 0.3 is 6.18 Å². The number of nitrogens with zero attached hydrogens (tertiary/aromatic N) is 2. The Morgan fingerprint density at radius 2 is 1.52 bits per heavy atom. The molecule has 170 valence electrons. The van der Waals surface area contributed by atoms with Gasteiger partial charge in [-0.05, 0) is 17.5 Å². The highest BCUT2D eigenvalue weighted by atomic mass is 127. The molecule has 0 saturated carbocycles. The Balaban J connectivity index is 0.00000480. The summed E-state index contributed by atoms with van der Waals surface area (Å²) < 4.78 is 37.2. The SMILES string of the molecule is CN=C(NCCC(c1ccccc1)c1ccccc1)NCC(=O)N(C)CC(F)(F)F.I. The average Bonchev–Trinajstić information content (AvgIpc) is 2.73. The number of carbonyl (C=O) groups excluding carboxylic acids is 1. The first kappa shape index (κ1) is 26.7. The van der Waals surface area contributed by atoms with Crippen molar-refractivity contribution in [1.29, 1.82) is 0 Å². The number of halogens is 4. The van der Waals surface area contributed by atoms with Crippen LogP contribution in [0.5, 0.6) is 0 Å². The molecular weight excluding hydrogens is 520 g/mol. The lowest BCUT2D eigenvalue weighted by Gasteiger charge is -2.21. The number of guanidine groups is 1. The van der Waals surface area contributed by atoms with E-state index in [1.165, 1.54) is 11.1 Å². The smallest absolute Gasteiger partial charge is 0.356 e. The molecule has 2 aromatic rings. The largest absolute Gasteiger partial charge is 0.406 e. The number of likely N-dealkylation sites (N-methyl/N-ethyl adjacent to an activating group) is 1. The predicted octanol–water partition coefficient (Wildman–Crippen LogP) is 4.01. The summed E-state index contributed by atoms with van der Waals surface area (Å²) in [7, 11) is 2.67. The van der Waals surface area contributed by atoms with Crippen molar-refractivity contribution in [3.63, 3.8) is 0 Å². The number of rotatable bonds is 8. The average molecular weight is 548 g/mol. The first-order valence-corrected chi connectivity index (χ1v) is 9.65. The van der Waals surface area contributed by atoms with Crippen LogP contribution >= 0.6 is 24.0 Å². The molecule has 0 heterocycles. The van der Waals surface area contributed by atoms with Gasteiger partial charge in [-0.1, -0.05) is 60.7 Å². The minimum absolute atomic E-state index is 0. The third kappa shape index (κ3) is 9.58. The molecule has 0 aliphatic rings. The van der Waals surface area contributed by atoms with E-state index in [2.05, 4.69) is 39.9 Å². The molecule has 1 amide bonds. The summed E-state index contributed by atoms with van der Waals surface area (Å²) in [5.41, 5.74) is 2.38. The van der Waals surface area contributed by atoms with E-state index in [9.17, 15) is 18.0 Å². The number of alkyl halides is 3. The second kappa shape index (κ2) is 13.2. The Labute approximate surface area is 198 Å². The molecule has 2 rings (SSSR count). The van der Waals surface area contributed by atoms with Gasteiger partial charge < -0.3 is 15.5 Å². The maximum Gasteiger partial charge on any atom is 0.406 e. The van der Waals surface area contributed by atoms with Crippen LogP contribution in [-0.2, 0) is 4.79 Å². The van der Waals surface area contributed by atoms with Gasteiger partial charge in [0.15, 0.2) is 5.96 Å². The highest BCUT2D eigenvalue weighted by molar-refractivity contribution is 14.0. The Hall–Kier alpha value is -2.30. The lowest BCUT2D eigenvalue weighted by atomic mass is 9.88. The van der Waals surface area contributed by atoms with Gasteiger partial charge in [-0.25, -0.2) is 0 Å². The van der Waals surface area contributed by atoms with Gasteiger partial charge in [-0.2, -0.15) is 13.2 Å². The van der Waals surface area contributed by atoms with Crippen molar-refractivity contribution >= 4 is 35.8 Å². The van der Waals surface area contributed by atoms with Crippen LogP contribution in [0.4, 0.5) is 13.2 Å². The van der Waals surface area contributed by atoms with Gasteiger partial charge in [0.05, 0.1) is 6.54 Å². The molecule has 0 fully saturated rings. The van der Waals surface area contributed by atoms with Crippen molar-refractivity contribution in [2.24, 2.45) is 4.99 Å². The monoisotopic (exact) mass is 548 g/mol. The molecule has 0 spiro atoms. The number of carbonyl (C=O) groups is 1. The maximum absolute atomic E-state index is 12.4. The van der Waals surface area contributed by atoms with Crippen molar-refractivity contribution in [2.45, 2.75) is 18.5 Å². The third-order valence-corrected chi connectivity index (χ3v) is 4.60. The molecule has 31 heavy (non-hydrogen) atoms. The third-order valence-electron chi connectivity index (χ3n) is 4.60. The van der Waals surface area contributed by atoms with Crippen molar-refractivity contribution in [1.82, 2.24) is 15.5 Å². The molecule has 0 atom stereocenters. The summed E-state index contributed by atoms with van der Waals surface area (Å²) in [6.45, 7) is -0.983. The summed E-state index contributed by atoms with van der Waals surface area (Å²) >= 11 is 0. The first-order chi connectivity index (χ1) is 14.3. The fraction of sp³-hybridized carbons (Fsp3) is 0.364. The zero-order chi connectivity index (χ0) is 22.0. The van der Waals surface area contributed by atoms with Crippen LogP contribution in [-0.4, -0.2) is 56.7 Å². The van der Waals surface area contributed by atoms with Crippen molar-refractivity contribution < 1.29 is 18.0 Å². The Bertz CT molecular complexity index is 777. The summed E-state index contributed by atoms with van der Waals surface area (Å²) in [6, 6.07) is 20.3. The standard InChI is InChI=1S/C22H27F3N4O.HI/c1-26-21(28-15-20(30)29(2)16-22(23,24)25)27-14-13-19(17-9-5-3-6-10-17)18-11-7-4-8-12-18;/h3-12,19H,13-16H2,1-2H3,(H2,26,27,28);1H. The van der Waals surface area contributed by atoms with E-state index in [-0.39, 0.29) is 36.4 Å². The van der Waals surface area contributed by atoms with Crippen LogP contribution in [0.15, 0.2) is 65.7 Å². The van der Waals surface area contributed by atoms with E-state index in [1.54, 1.807) is 7.05 Å². The molecule has 0 saturated heterocycles. The second-order valence-electron chi connectivity index (χ2n) is 6.88. The topological polar surface area (TPSA) is 56.7 Å². The molecular formula is C22H28F3IN4O. The van der Waals surface area contributed by atoms with Crippen LogP contribution < -0.4 is 10.6 Å². The maximum atomic E-state index is 12.4. The van der Waals surface area contributed by atoms with Crippen molar-refractivity contribution in [2.75, 3.05) is 33.7 Å². The highest BCUT2D eigenvalue weighted by Crippen LogP contribution is 2.27. The Kier molecular flexibility index (Phi) is 11.4. The minimum Gasteiger partial charge on any atom is -0.356 e. The molecule has 0 bridgehead atoms. The summed E-state index contributed by atoms with van der Waals surface area (Å²) in [5, 5.41) is 5.90. The molecule has 5 nitrogen and oxygen atoms in total. The predicted molar refractivity (Wildman–Crippen MR) is 128 cm³/mol. The number of benzene rings is 2. The van der Waals surface area contributed by atoms with E-state index in [0.717, 1.165) is 13.5 Å². The number of hydrogen-bond acceptors (Lipinski definition) is 2. The van der Waals surface area contributed by atoms with Gasteiger partial charge in [0.25, 0.3) is 0 Å². The van der Waals surface area contributed by atoms with E-state index >= 15 is 0 Å². The van der Waals surface area contributed by atoms with Crippen LogP contribution in [0, 0.1) is 0 Å². The van der Waals surface area contributed by atoms with Crippen LogP contribution in [0.1, 0.15) is 23.5 Å². The number of amides is 1. The summed E-state index contributed by atoms with van der Waals surface area (Å²) in [5.74, 6) is -0.122. The van der Waals surface area contributed by atoms with E-state index < -0.39 is 18.6 Å². The molecule has 0 aliphatic heterocycles.